The van der Waals surface area contributed by atoms with Crippen molar-refractivity contribution < 1.29 is 19.5 Å². The molecule has 0 heterocycles. The monoisotopic (exact) mass is 335 g/mol. The minimum atomic E-state index is -1.30. The van der Waals surface area contributed by atoms with Crippen LogP contribution in [0.1, 0.15) is 12.8 Å². The molecule has 0 aromatic rings. The summed E-state index contributed by atoms with van der Waals surface area (Å²) < 4.78 is 0. The second-order valence-electron chi connectivity index (χ2n) is 4.73. The predicted octanol–water partition coefficient (Wildman–Crippen LogP) is -2.57. The van der Waals surface area contributed by atoms with Crippen LogP contribution in [0, 0.1) is 0 Å². The van der Waals surface area contributed by atoms with Crippen molar-refractivity contribution in [3.05, 3.63) is 0 Å². The van der Waals surface area contributed by atoms with Gasteiger partial charge in [-0.05, 0) is 18.4 Å². The molecule has 2 unspecified atom stereocenters. The Bertz CT molecular complexity index is 379. The maximum absolute atomic E-state index is 12.1. The van der Waals surface area contributed by atoms with Crippen molar-refractivity contribution in [2.24, 2.45) is 17.2 Å². The van der Waals surface area contributed by atoms with Crippen LogP contribution in [0.15, 0.2) is 0 Å². The second kappa shape index (κ2) is 11.2. The van der Waals surface area contributed by atoms with E-state index >= 15 is 0 Å². The van der Waals surface area contributed by atoms with Crippen molar-refractivity contribution >= 4 is 29.5 Å². The molecule has 22 heavy (non-hydrogen) atoms. The van der Waals surface area contributed by atoms with E-state index < -0.39 is 36.3 Å². The Kier molecular flexibility index (Phi) is 10.5. The van der Waals surface area contributed by atoms with Gasteiger partial charge in [-0.2, -0.15) is 11.8 Å². The summed E-state index contributed by atoms with van der Waals surface area (Å²) in [5, 5.41) is 13.8. The number of nitrogens with two attached hydrogens (primary N) is 3. The van der Waals surface area contributed by atoms with Gasteiger partial charge in [0.2, 0.25) is 11.8 Å². The first-order chi connectivity index (χ1) is 10.3. The summed E-state index contributed by atoms with van der Waals surface area (Å²) in [7, 11) is 0. The maximum atomic E-state index is 12.1. The quantitative estimate of drug-likeness (QED) is 0.239. The van der Waals surface area contributed by atoms with Crippen LogP contribution in [0.25, 0.3) is 0 Å². The summed E-state index contributed by atoms with van der Waals surface area (Å²) in [5.74, 6) is -1.61. The normalized spacial score (nSPS) is 13.5. The molecule has 0 saturated heterocycles. The first-order valence-electron chi connectivity index (χ1n) is 6.82. The van der Waals surface area contributed by atoms with Gasteiger partial charge in [0.05, 0.1) is 12.5 Å². The van der Waals surface area contributed by atoms with E-state index in [4.69, 9.17) is 22.3 Å². The Morgan fingerprint density at radius 3 is 2.23 bits per heavy atom. The van der Waals surface area contributed by atoms with E-state index in [1.54, 1.807) is 0 Å². The molecule has 0 aliphatic heterocycles. The molecular formula is C12H25N5O4S. The fourth-order valence-electron chi connectivity index (χ4n) is 1.56. The summed E-state index contributed by atoms with van der Waals surface area (Å²) in [4.78, 5) is 34.5. The number of rotatable bonds is 11. The zero-order chi connectivity index (χ0) is 17.1. The summed E-state index contributed by atoms with van der Waals surface area (Å²) in [6, 6.07) is -2.45. The van der Waals surface area contributed by atoms with Gasteiger partial charge in [-0.15, -0.1) is 0 Å². The number of aliphatic carboxylic acids is 1. The molecule has 128 valence electrons. The number of amides is 2. The number of thioether (sulfide) groups is 1. The number of hydrogen-bond acceptors (Lipinski definition) is 7. The van der Waals surface area contributed by atoms with E-state index in [0.29, 0.717) is 12.2 Å². The van der Waals surface area contributed by atoms with Gasteiger partial charge in [-0.25, -0.2) is 0 Å². The molecule has 9 N–H and O–H groups in total. The van der Waals surface area contributed by atoms with Crippen LogP contribution in [0.3, 0.4) is 0 Å². The lowest BCUT2D eigenvalue weighted by Crippen LogP contribution is -2.54. The molecule has 0 aliphatic carbocycles. The highest BCUT2D eigenvalue weighted by molar-refractivity contribution is 7.98. The lowest BCUT2D eigenvalue weighted by atomic mass is 10.1. The molecule has 10 heteroatoms. The maximum Gasteiger partial charge on any atom is 0.321 e. The number of nitrogens with one attached hydrogen (secondary N) is 2. The Labute approximate surface area is 133 Å². The highest BCUT2D eigenvalue weighted by Gasteiger charge is 2.24. The Hall–Kier alpha value is -1.36. The fourth-order valence-corrected chi connectivity index (χ4v) is 2.03. The van der Waals surface area contributed by atoms with E-state index in [9.17, 15) is 14.4 Å². The smallest absolute Gasteiger partial charge is 0.321 e. The number of carboxylic acids is 1. The highest BCUT2D eigenvalue weighted by Crippen LogP contribution is 2.02. The van der Waals surface area contributed by atoms with Crippen molar-refractivity contribution in [2.45, 2.75) is 31.0 Å². The van der Waals surface area contributed by atoms with Gasteiger partial charge < -0.3 is 32.9 Å². The van der Waals surface area contributed by atoms with Gasteiger partial charge in [0.15, 0.2) is 0 Å². The van der Waals surface area contributed by atoms with Crippen molar-refractivity contribution in [3.8, 4) is 0 Å². The minimum absolute atomic E-state index is 0.190. The third-order valence-corrected chi connectivity index (χ3v) is 3.54. The summed E-state index contributed by atoms with van der Waals surface area (Å²) in [6.07, 6.45) is 1.89. The Morgan fingerprint density at radius 2 is 1.77 bits per heavy atom. The lowest BCUT2D eigenvalue weighted by molar-refractivity contribution is -0.140. The molecular weight excluding hydrogens is 310 g/mol. The standard InChI is InChI=1S/C12H25N5O4S/c1-22-3-2-9(11(19)16-7(5-13)6-14)17-10(18)4-8(15)12(20)21/h7-9H,2-6,13-15H2,1H3,(H,16,19)(H,17,18)(H,20,21). The van der Waals surface area contributed by atoms with Crippen LogP contribution in [0.4, 0.5) is 0 Å². The molecule has 0 fully saturated rings. The summed E-state index contributed by atoms with van der Waals surface area (Å²) >= 11 is 1.52. The predicted molar refractivity (Wildman–Crippen MR) is 85.2 cm³/mol. The van der Waals surface area contributed by atoms with Gasteiger partial charge in [-0.3, -0.25) is 14.4 Å². The van der Waals surface area contributed by atoms with Crippen LogP contribution < -0.4 is 27.8 Å². The fraction of sp³-hybridized carbons (Fsp3) is 0.750. The summed E-state index contributed by atoms with van der Waals surface area (Å²) in [6.45, 7) is 0.380. The molecule has 0 saturated carbocycles. The van der Waals surface area contributed by atoms with E-state index in [1.807, 2.05) is 6.26 Å². The molecule has 2 atom stereocenters. The van der Waals surface area contributed by atoms with Crippen LogP contribution in [0.2, 0.25) is 0 Å². The topological polar surface area (TPSA) is 174 Å². The van der Waals surface area contributed by atoms with Crippen LogP contribution >= 0.6 is 11.8 Å². The first kappa shape index (κ1) is 20.6. The average Bonchev–Trinajstić information content (AvgIpc) is 2.48. The van der Waals surface area contributed by atoms with Crippen LogP contribution in [0.5, 0.6) is 0 Å². The molecule has 9 nitrogen and oxygen atoms in total. The summed E-state index contributed by atoms with van der Waals surface area (Å²) in [5.41, 5.74) is 16.2. The molecule has 0 radical (unpaired) electrons. The third kappa shape index (κ3) is 8.17. The first-order valence-corrected chi connectivity index (χ1v) is 8.22. The molecule has 0 bridgehead atoms. The Morgan fingerprint density at radius 1 is 1.18 bits per heavy atom. The Balaban J connectivity index is 4.64. The van der Waals surface area contributed by atoms with Crippen LogP contribution in [-0.2, 0) is 14.4 Å². The highest BCUT2D eigenvalue weighted by atomic mass is 32.2. The van der Waals surface area contributed by atoms with Crippen molar-refractivity contribution in [2.75, 3.05) is 25.1 Å². The van der Waals surface area contributed by atoms with Crippen molar-refractivity contribution in [1.29, 1.82) is 0 Å². The SMILES string of the molecule is CSCCC(NC(=O)CC(N)C(=O)O)C(=O)NC(CN)CN. The molecule has 0 aliphatic rings. The number of carbonyl (C=O) groups excluding carboxylic acids is 2. The number of carbonyl (C=O) groups is 3. The lowest BCUT2D eigenvalue weighted by Gasteiger charge is -2.22. The van der Waals surface area contributed by atoms with Gasteiger partial charge >= 0.3 is 5.97 Å². The van der Waals surface area contributed by atoms with Gasteiger partial charge in [0, 0.05) is 13.1 Å². The van der Waals surface area contributed by atoms with Gasteiger partial charge in [0.1, 0.15) is 12.1 Å². The second-order valence-corrected chi connectivity index (χ2v) is 5.71. The molecule has 0 rings (SSSR count). The van der Waals surface area contributed by atoms with E-state index in [2.05, 4.69) is 10.6 Å². The van der Waals surface area contributed by atoms with Gasteiger partial charge in [-0.1, -0.05) is 0 Å². The van der Waals surface area contributed by atoms with E-state index in [-0.39, 0.29) is 19.1 Å². The molecule has 2 amide bonds. The zero-order valence-electron chi connectivity index (χ0n) is 12.6. The molecule has 0 aromatic heterocycles. The van der Waals surface area contributed by atoms with E-state index in [0.717, 1.165) is 0 Å². The molecule has 0 aromatic carbocycles. The minimum Gasteiger partial charge on any atom is -0.480 e. The zero-order valence-corrected chi connectivity index (χ0v) is 13.4. The van der Waals surface area contributed by atoms with Crippen molar-refractivity contribution in [3.63, 3.8) is 0 Å². The van der Waals surface area contributed by atoms with Crippen LogP contribution in [-0.4, -0.2) is 66.1 Å². The number of carboxylic acid groups (broad SMARTS) is 1. The largest absolute Gasteiger partial charge is 0.480 e. The third-order valence-electron chi connectivity index (χ3n) is 2.90. The van der Waals surface area contributed by atoms with Crippen molar-refractivity contribution in [1.82, 2.24) is 10.6 Å². The van der Waals surface area contributed by atoms with Gasteiger partial charge in [0.25, 0.3) is 0 Å². The average molecular weight is 335 g/mol. The number of hydrogen-bond donors (Lipinski definition) is 6. The van der Waals surface area contributed by atoms with E-state index in [1.165, 1.54) is 11.8 Å². The molecule has 0 spiro atoms.